The van der Waals surface area contributed by atoms with Crippen LogP contribution in [0.4, 0.5) is 8.78 Å². The number of aliphatic carboxylic acids is 1. The molecule has 0 unspecified atom stereocenters. The van der Waals surface area contributed by atoms with Gasteiger partial charge in [-0.05, 0) is 42.0 Å². The number of hydrogen-bond acceptors (Lipinski definition) is 8. The van der Waals surface area contributed by atoms with Gasteiger partial charge >= 0.3 is 11.9 Å². The SMILES string of the molecule is COC(=O)[C@@H](C)CN1[C@H](C)CC2=C(Cc3ccccc32)[C@H]1c1c(F)cc(OCCOCCOCCOCC(=O)O)cc1F. The lowest BCUT2D eigenvalue weighted by Crippen LogP contribution is -2.45. The van der Waals surface area contributed by atoms with Gasteiger partial charge in [0, 0.05) is 30.3 Å². The summed E-state index contributed by atoms with van der Waals surface area (Å²) >= 11 is 0. The Morgan fingerprint density at radius 1 is 1.00 bits per heavy atom. The maximum Gasteiger partial charge on any atom is 0.329 e. The summed E-state index contributed by atoms with van der Waals surface area (Å²) in [5, 5.41) is 8.50. The third-order valence-electron chi connectivity index (χ3n) is 7.72. The molecule has 4 rings (SSSR count). The van der Waals surface area contributed by atoms with Gasteiger partial charge in [-0.3, -0.25) is 9.69 Å². The lowest BCUT2D eigenvalue weighted by molar-refractivity contribution is -0.146. The van der Waals surface area contributed by atoms with E-state index < -0.39 is 29.6 Å². The summed E-state index contributed by atoms with van der Waals surface area (Å²) in [5.74, 6) is -3.27. The largest absolute Gasteiger partial charge is 0.491 e. The standard InChI is InChI=1S/C32H39F2NO8/c1-20(32(38)39-3)18-35-21(2)14-25-24-7-5-4-6-22(24)15-26(25)31(35)30-27(33)16-23(17-28(30)34)43-13-12-41-9-8-40-10-11-42-19-29(36)37/h4-7,16-17,20-21,31H,8-15,18-19H2,1-3H3,(H,36,37)/t20-,21+,31-/m0/s1. The highest BCUT2D eigenvalue weighted by molar-refractivity contribution is 5.79. The summed E-state index contributed by atoms with van der Waals surface area (Å²) in [6, 6.07) is 9.68. The van der Waals surface area contributed by atoms with E-state index in [-0.39, 0.29) is 69.6 Å². The number of halogens is 2. The summed E-state index contributed by atoms with van der Waals surface area (Å²) in [4.78, 5) is 24.7. The molecule has 0 radical (unpaired) electrons. The predicted octanol–water partition coefficient (Wildman–Crippen LogP) is 4.43. The van der Waals surface area contributed by atoms with Gasteiger partial charge in [0.05, 0.1) is 52.1 Å². The molecule has 0 saturated carbocycles. The minimum absolute atomic E-state index is 0.0522. The van der Waals surface area contributed by atoms with Crippen LogP contribution in [0.3, 0.4) is 0 Å². The van der Waals surface area contributed by atoms with Crippen molar-refractivity contribution >= 4 is 17.5 Å². The minimum atomic E-state index is -1.04. The molecule has 0 aromatic heterocycles. The third-order valence-corrected chi connectivity index (χ3v) is 7.72. The average molecular weight is 604 g/mol. The van der Waals surface area contributed by atoms with E-state index in [1.165, 1.54) is 19.2 Å². The van der Waals surface area contributed by atoms with Gasteiger partial charge in [-0.15, -0.1) is 0 Å². The number of carboxylic acids is 1. The predicted molar refractivity (Wildman–Crippen MR) is 154 cm³/mol. The van der Waals surface area contributed by atoms with Crippen molar-refractivity contribution in [3.8, 4) is 5.75 Å². The van der Waals surface area contributed by atoms with Crippen LogP contribution in [0, 0.1) is 17.6 Å². The van der Waals surface area contributed by atoms with Crippen molar-refractivity contribution in [1.29, 1.82) is 0 Å². The van der Waals surface area contributed by atoms with E-state index >= 15 is 8.78 Å². The Kier molecular flexibility index (Phi) is 11.6. The number of carboxylic acid groups (broad SMARTS) is 1. The number of methoxy groups -OCH3 is 1. The molecule has 2 aromatic carbocycles. The minimum Gasteiger partial charge on any atom is -0.491 e. The number of carbonyl (C=O) groups is 2. The van der Waals surface area contributed by atoms with Crippen molar-refractivity contribution in [1.82, 2.24) is 4.90 Å². The normalized spacial score (nSPS) is 18.7. The molecular formula is C32H39F2NO8. The Hall–Kier alpha value is -3.38. The van der Waals surface area contributed by atoms with E-state index in [1.807, 2.05) is 30.0 Å². The van der Waals surface area contributed by atoms with Gasteiger partial charge in [-0.25, -0.2) is 13.6 Å². The first-order chi connectivity index (χ1) is 20.7. The highest BCUT2D eigenvalue weighted by atomic mass is 19.1. The summed E-state index contributed by atoms with van der Waals surface area (Å²) in [6.45, 7) is 4.90. The molecule has 1 heterocycles. The molecule has 0 fully saturated rings. The molecule has 11 heteroatoms. The van der Waals surface area contributed by atoms with E-state index in [2.05, 4.69) is 6.07 Å². The summed E-state index contributed by atoms with van der Waals surface area (Å²) < 4.78 is 57.8. The molecule has 9 nitrogen and oxygen atoms in total. The van der Waals surface area contributed by atoms with E-state index in [1.54, 1.807) is 6.92 Å². The number of fused-ring (bicyclic) bond motifs is 2. The smallest absolute Gasteiger partial charge is 0.329 e. The van der Waals surface area contributed by atoms with E-state index in [4.69, 9.17) is 28.8 Å². The van der Waals surface area contributed by atoms with E-state index in [0.29, 0.717) is 19.4 Å². The molecule has 2 aliphatic rings. The number of nitrogens with zero attached hydrogens (tertiary/aromatic N) is 1. The van der Waals surface area contributed by atoms with Gasteiger partial charge in [-0.1, -0.05) is 31.2 Å². The molecular weight excluding hydrogens is 564 g/mol. The van der Waals surface area contributed by atoms with Crippen LogP contribution in [0.1, 0.15) is 43.0 Å². The molecule has 0 amide bonds. The molecule has 43 heavy (non-hydrogen) atoms. The number of carbonyl (C=O) groups excluding carboxylic acids is 1. The van der Waals surface area contributed by atoms with Crippen LogP contribution in [-0.4, -0.2) is 87.9 Å². The Morgan fingerprint density at radius 2 is 1.63 bits per heavy atom. The van der Waals surface area contributed by atoms with Gasteiger partial charge < -0.3 is 28.8 Å². The topological polar surface area (TPSA) is 104 Å². The number of ether oxygens (including phenoxy) is 5. The summed E-state index contributed by atoms with van der Waals surface area (Å²) in [7, 11) is 1.34. The maximum atomic E-state index is 15.8. The fourth-order valence-electron chi connectivity index (χ4n) is 5.76. The summed E-state index contributed by atoms with van der Waals surface area (Å²) in [6.07, 6.45) is 1.30. The van der Waals surface area contributed by atoms with Crippen molar-refractivity contribution < 1.29 is 47.2 Å². The quantitative estimate of drug-likeness (QED) is 0.220. The monoisotopic (exact) mass is 603 g/mol. The van der Waals surface area contributed by atoms with Gasteiger partial charge in [0.2, 0.25) is 0 Å². The number of rotatable bonds is 16. The molecule has 234 valence electrons. The molecule has 0 spiro atoms. The zero-order chi connectivity index (χ0) is 30.9. The molecule has 0 saturated heterocycles. The van der Waals surface area contributed by atoms with Crippen molar-refractivity contribution in [2.24, 2.45) is 5.92 Å². The molecule has 0 bridgehead atoms. The van der Waals surface area contributed by atoms with E-state index in [0.717, 1.165) is 22.3 Å². The number of esters is 1. The van der Waals surface area contributed by atoms with Gasteiger partial charge in [0.15, 0.2) is 0 Å². The summed E-state index contributed by atoms with van der Waals surface area (Å²) in [5.41, 5.74) is 4.25. The second kappa shape index (κ2) is 15.4. The molecule has 1 N–H and O–H groups in total. The van der Waals surface area contributed by atoms with Gasteiger partial charge in [-0.2, -0.15) is 0 Å². The van der Waals surface area contributed by atoms with Crippen LogP contribution >= 0.6 is 0 Å². The fourth-order valence-corrected chi connectivity index (χ4v) is 5.76. The molecule has 3 atom stereocenters. The second-order valence-corrected chi connectivity index (χ2v) is 10.7. The van der Waals surface area contributed by atoms with E-state index in [9.17, 15) is 9.59 Å². The van der Waals surface area contributed by atoms with Crippen LogP contribution in [0.2, 0.25) is 0 Å². The zero-order valence-corrected chi connectivity index (χ0v) is 24.8. The Morgan fingerprint density at radius 3 is 2.28 bits per heavy atom. The van der Waals surface area contributed by atoms with Crippen molar-refractivity contribution in [3.63, 3.8) is 0 Å². The van der Waals surface area contributed by atoms with Crippen molar-refractivity contribution in [3.05, 3.63) is 70.3 Å². The van der Waals surface area contributed by atoms with Crippen LogP contribution in [0.25, 0.3) is 5.57 Å². The first-order valence-electron chi connectivity index (χ1n) is 14.4. The molecule has 2 aromatic rings. The highest BCUT2D eigenvalue weighted by Gasteiger charge is 2.42. The lowest BCUT2D eigenvalue weighted by Gasteiger charge is -2.43. The van der Waals surface area contributed by atoms with Crippen molar-refractivity contribution in [2.45, 2.75) is 38.8 Å². The molecule has 1 aliphatic heterocycles. The lowest BCUT2D eigenvalue weighted by atomic mass is 9.84. The average Bonchev–Trinajstić information content (AvgIpc) is 3.34. The van der Waals surface area contributed by atoms with Crippen LogP contribution in [0.15, 0.2) is 42.0 Å². The third kappa shape index (κ3) is 8.17. The second-order valence-electron chi connectivity index (χ2n) is 10.7. The Labute approximate surface area is 250 Å². The number of hydrogen-bond donors (Lipinski definition) is 1. The van der Waals surface area contributed by atoms with Crippen LogP contribution < -0.4 is 4.74 Å². The molecule has 1 aliphatic carbocycles. The zero-order valence-electron chi connectivity index (χ0n) is 24.8. The number of benzene rings is 2. The first kappa shape index (κ1) is 32.5. The Balaban J connectivity index is 1.42. The van der Waals surface area contributed by atoms with Crippen LogP contribution in [0.5, 0.6) is 5.75 Å². The van der Waals surface area contributed by atoms with Gasteiger partial charge in [0.1, 0.15) is 30.6 Å². The maximum absolute atomic E-state index is 15.8. The van der Waals surface area contributed by atoms with Gasteiger partial charge in [0.25, 0.3) is 0 Å². The fraction of sp³-hybridized carbons (Fsp3) is 0.500. The van der Waals surface area contributed by atoms with Crippen LogP contribution in [-0.2, 0) is 35.0 Å². The first-order valence-corrected chi connectivity index (χ1v) is 14.4. The van der Waals surface area contributed by atoms with Crippen molar-refractivity contribution in [2.75, 3.05) is 59.9 Å². The Bertz CT molecular complexity index is 1290. The highest BCUT2D eigenvalue weighted by Crippen LogP contribution is 2.50.